The fourth-order valence-corrected chi connectivity index (χ4v) is 3.61. The van der Waals surface area contributed by atoms with E-state index in [9.17, 15) is 14.9 Å². The van der Waals surface area contributed by atoms with Crippen molar-refractivity contribution in [1.82, 2.24) is 14.7 Å². The number of aryl methyl sites for hydroxylation is 1. The number of aromatic nitrogens is 2. The van der Waals surface area contributed by atoms with Gasteiger partial charge in [-0.1, -0.05) is 39.0 Å². The fourth-order valence-electron chi connectivity index (χ4n) is 3.61. The molecule has 0 spiro atoms. The van der Waals surface area contributed by atoms with E-state index in [-0.39, 0.29) is 28.5 Å². The Morgan fingerprint density at radius 2 is 1.92 bits per heavy atom. The summed E-state index contributed by atoms with van der Waals surface area (Å²) in [6.07, 6.45) is 3.53. The molecule has 0 aliphatic carbocycles. The Morgan fingerprint density at radius 3 is 2.54 bits per heavy atom. The van der Waals surface area contributed by atoms with Gasteiger partial charge in [0.25, 0.3) is 11.5 Å². The largest absolute Gasteiger partial charge is 0.438 e. The molecule has 0 unspecified atom stereocenters. The molecule has 0 atom stereocenters. The molecular formula is C29H34N4O4. The maximum atomic E-state index is 13.5. The lowest BCUT2D eigenvalue weighted by molar-refractivity contribution is -0.117. The van der Waals surface area contributed by atoms with Crippen molar-refractivity contribution in [1.29, 1.82) is 5.26 Å². The van der Waals surface area contributed by atoms with Gasteiger partial charge in [0.2, 0.25) is 5.88 Å². The second-order valence-electron chi connectivity index (χ2n) is 10.1. The highest BCUT2D eigenvalue weighted by Crippen LogP contribution is 2.28. The standard InChI is InChI=1S/C29H34N4O4/c1-19(2)36-16-8-14-31-26(34)21(18-30)17-24-27(32-25-20(3)9-7-15-33(25)28(24)35)37-23-12-10-22(11-13-23)29(4,5)6/h7,9-13,15,17,19H,8,14,16H2,1-6H3,(H,31,34). The number of nitrogens with zero attached hydrogens (tertiary/aromatic N) is 3. The van der Waals surface area contributed by atoms with Crippen LogP contribution in [0, 0.1) is 18.3 Å². The highest BCUT2D eigenvalue weighted by atomic mass is 16.5. The summed E-state index contributed by atoms with van der Waals surface area (Å²) in [6.45, 7) is 12.9. The van der Waals surface area contributed by atoms with Crippen LogP contribution in [-0.2, 0) is 14.9 Å². The first-order valence-corrected chi connectivity index (χ1v) is 12.3. The average Bonchev–Trinajstić information content (AvgIpc) is 2.84. The third-order valence-electron chi connectivity index (χ3n) is 5.70. The Labute approximate surface area is 217 Å². The van der Waals surface area contributed by atoms with Crippen LogP contribution in [0.5, 0.6) is 11.6 Å². The number of nitriles is 1. The van der Waals surface area contributed by atoms with Gasteiger partial charge in [-0.3, -0.25) is 14.0 Å². The quantitative estimate of drug-likeness (QED) is 0.253. The second kappa shape index (κ2) is 11.8. The molecule has 8 nitrogen and oxygen atoms in total. The molecule has 0 radical (unpaired) electrons. The molecule has 1 N–H and O–H groups in total. The molecule has 0 fully saturated rings. The molecular weight excluding hydrogens is 468 g/mol. The first kappa shape index (κ1) is 27.6. The van der Waals surface area contributed by atoms with E-state index in [0.29, 0.717) is 31.0 Å². The van der Waals surface area contributed by atoms with Crippen LogP contribution in [0.4, 0.5) is 0 Å². The average molecular weight is 503 g/mol. The zero-order chi connectivity index (χ0) is 27.2. The van der Waals surface area contributed by atoms with Gasteiger partial charge >= 0.3 is 0 Å². The molecule has 0 saturated carbocycles. The van der Waals surface area contributed by atoms with Crippen molar-refractivity contribution >= 4 is 17.6 Å². The number of nitrogens with one attached hydrogen (secondary N) is 1. The van der Waals surface area contributed by atoms with Gasteiger partial charge in [0.1, 0.15) is 28.6 Å². The highest BCUT2D eigenvalue weighted by Gasteiger charge is 2.19. The van der Waals surface area contributed by atoms with Crippen molar-refractivity contribution in [2.45, 2.75) is 59.5 Å². The minimum atomic E-state index is -0.582. The van der Waals surface area contributed by atoms with E-state index in [1.807, 2.05) is 57.2 Å². The summed E-state index contributed by atoms with van der Waals surface area (Å²) in [7, 11) is 0. The number of benzene rings is 1. The predicted octanol–water partition coefficient (Wildman–Crippen LogP) is 4.93. The topological polar surface area (TPSA) is 106 Å². The maximum absolute atomic E-state index is 13.5. The molecule has 37 heavy (non-hydrogen) atoms. The third-order valence-corrected chi connectivity index (χ3v) is 5.70. The molecule has 0 aliphatic rings. The number of carbonyl (C=O) groups is 1. The smallest absolute Gasteiger partial charge is 0.269 e. The molecule has 1 amide bonds. The van der Waals surface area contributed by atoms with E-state index in [4.69, 9.17) is 9.47 Å². The van der Waals surface area contributed by atoms with Crippen molar-refractivity contribution < 1.29 is 14.3 Å². The van der Waals surface area contributed by atoms with E-state index in [1.54, 1.807) is 12.3 Å². The van der Waals surface area contributed by atoms with Gasteiger partial charge in [0, 0.05) is 19.3 Å². The Balaban J connectivity index is 1.99. The van der Waals surface area contributed by atoms with E-state index in [1.165, 1.54) is 10.5 Å². The van der Waals surface area contributed by atoms with Gasteiger partial charge in [-0.2, -0.15) is 10.2 Å². The van der Waals surface area contributed by atoms with Gasteiger partial charge in [-0.05, 0) is 68.0 Å². The normalized spacial score (nSPS) is 12.0. The minimum Gasteiger partial charge on any atom is -0.438 e. The number of fused-ring (bicyclic) bond motifs is 1. The predicted molar refractivity (Wildman–Crippen MR) is 144 cm³/mol. The zero-order valence-electron chi connectivity index (χ0n) is 22.3. The first-order valence-electron chi connectivity index (χ1n) is 12.3. The fraction of sp³-hybridized carbons (Fsp3) is 0.379. The van der Waals surface area contributed by atoms with Gasteiger partial charge in [-0.15, -0.1) is 0 Å². The van der Waals surface area contributed by atoms with E-state index < -0.39 is 11.5 Å². The van der Waals surface area contributed by atoms with Crippen LogP contribution in [0.2, 0.25) is 0 Å². The molecule has 2 aromatic heterocycles. The number of pyridine rings is 1. The van der Waals surface area contributed by atoms with Crippen LogP contribution in [0.15, 0.2) is 53.0 Å². The summed E-state index contributed by atoms with van der Waals surface area (Å²) < 4.78 is 12.9. The van der Waals surface area contributed by atoms with Crippen LogP contribution in [-0.4, -0.2) is 34.5 Å². The Hall–Kier alpha value is -3.96. The Kier molecular flexibility index (Phi) is 8.85. The zero-order valence-corrected chi connectivity index (χ0v) is 22.3. The number of hydrogen-bond acceptors (Lipinski definition) is 6. The van der Waals surface area contributed by atoms with Gasteiger partial charge < -0.3 is 14.8 Å². The molecule has 0 saturated heterocycles. The molecule has 8 heteroatoms. The lowest BCUT2D eigenvalue weighted by Gasteiger charge is -2.19. The monoisotopic (exact) mass is 502 g/mol. The second-order valence-corrected chi connectivity index (χ2v) is 10.1. The van der Waals surface area contributed by atoms with Crippen molar-refractivity contribution in [3.63, 3.8) is 0 Å². The third kappa shape index (κ3) is 7.05. The van der Waals surface area contributed by atoms with Crippen molar-refractivity contribution in [2.24, 2.45) is 0 Å². The number of rotatable bonds is 9. The minimum absolute atomic E-state index is 0.0119. The van der Waals surface area contributed by atoms with Crippen molar-refractivity contribution in [3.05, 3.63) is 75.2 Å². The summed E-state index contributed by atoms with van der Waals surface area (Å²) in [4.78, 5) is 30.7. The molecule has 2 heterocycles. The van der Waals surface area contributed by atoms with Gasteiger partial charge in [0.15, 0.2) is 0 Å². The number of amides is 1. The van der Waals surface area contributed by atoms with Crippen molar-refractivity contribution in [3.8, 4) is 17.7 Å². The van der Waals surface area contributed by atoms with Gasteiger partial charge in [0.05, 0.1) is 6.10 Å². The number of hydrogen-bond donors (Lipinski definition) is 1. The lowest BCUT2D eigenvalue weighted by atomic mass is 9.87. The molecule has 3 aromatic rings. The summed E-state index contributed by atoms with van der Waals surface area (Å²) in [5.74, 6) is -0.0736. The van der Waals surface area contributed by atoms with Crippen LogP contribution < -0.4 is 15.6 Å². The molecule has 0 bridgehead atoms. The first-order chi connectivity index (χ1) is 17.5. The SMILES string of the molecule is Cc1cccn2c(=O)c(C=C(C#N)C(=O)NCCCOC(C)C)c(Oc3ccc(C(C)(C)C)cc3)nc12. The summed E-state index contributed by atoms with van der Waals surface area (Å²) >= 11 is 0. The van der Waals surface area contributed by atoms with E-state index in [0.717, 1.165) is 11.1 Å². The molecule has 0 aliphatic heterocycles. The molecule has 1 aromatic carbocycles. The summed E-state index contributed by atoms with van der Waals surface area (Å²) in [6, 6.07) is 13.0. The highest BCUT2D eigenvalue weighted by molar-refractivity contribution is 6.01. The molecule has 3 rings (SSSR count). The molecule has 194 valence electrons. The Bertz CT molecular complexity index is 1390. The van der Waals surface area contributed by atoms with E-state index in [2.05, 4.69) is 31.1 Å². The summed E-state index contributed by atoms with van der Waals surface area (Å²) in [5.41, 5.74) is 1.66. The number of carbonyl (C=O) groups excluding carboxylic acids is 1. The lowest BCUT2D eigenvalue weighted by Crippen LogP contribution is -2.27. The van der Waals surface area contributed by atoms with Crippen LogP contribution in [0.1, 0.15) is 57.7 Å². The van der Waals surface area contributed by atoms with Crippen molar-refractivity contribution in [2.75, 3.05) is 13.2 Å². The van der Waals surface area contributed by atoms with Gasteiger partial charge in [-0.25, -0.2) is 0 Å². The van der Waals surface area contributed by atoms with Crippen LogP contribution in [0.25, 0.3) is 11.7 Å². The maximum Gasteiger partial charge on any atom is 0.269 e. The van der Waals surface area contributed by atoms with Crippen LogP contribution >= 0.6 is 0 Å². The Morgan fingerprint density at radius 1 is 1.22 bits per heavy atom. The summed E-state index contributed by atoms with van der Waals surface area (Å²) in [5, 5.41) is 12.4. The van der Waals surface area contributed by atoms with Crippen LogP contribution in [0.3, 0.4) is 0 Å². The van der Waals surface area contributed by atoms with E-state index >= 15 is 0 Å². The number of ether oxygens (including phenoxy) is 2.